The number of methoxy groups -OCH3 is 1. The maximum Gasteiger partial charge on any atom is 0.227 e. The van der Waals surface area contributed by atoms with E-state index >= 15 is 0 Å². The van der Waals surface area contributed by atoms with Crippen LogP contribution >= 0.6 is 11.8 Å². The highest BCUT2D eigenvalue weighted by Crippen LogP contribution is 2.37. The maximum atomic E-state index is 12.8. The first-order chi connectivity index (χ1) is 11.1. The summed E-state index contributed by atoms with van der Waals surface area (Å²) in [6, 6.07) is 9.26. The van der Waals surface area contributed by atoms with Crippen molar-refractivity contribution in [1.82, 2.24) is 4.90 Å². The molecule has 0 radical (unpaired) electrons. The Hall–Kier alpha value is -1.00. The van der Waals surface area contributed by atoms with Crippen LogP contribution in [0.5, 0.6) is 0 Å². The van der Waals surface area contributed by atoms with E-state index in [-0.39, 0.29) is 5.91 Å². The number of thioether (sulfide) groups is 1. The van der Waals surface area contributed by atoms with Crippen LogP contribution in [0.15, 0.2) is 29.2 Å². The van der Waals surface area contributed by atoms with Crippen LogP contribution in [0.1, 0.15) is 45.1 Å². The van der Waals surface area contributed by atoms with Gasteiger partial charge < -0.3 is 9.64 Å². The zero-order valence-corrected chi connectivity index (χ0v) is 15.1. The van der Waals surface area contributed by atoms with Gasteiger partial charge in [-0.05, 0) is 43.4 Å². The molecule has 2 aliphatic rings. The molecule has 0 N–H and O–H groups in total. The SMILES string of the molecule is COC1CC2CCC(C1)N2C(=O)Cc1ccc(SC(C)C)cc1. The van der Waals surface area contributed by atoms with Crippen LogP contribution in [0.2, 0.25) is 0 Å². The molecular weight excluding hydrogens is 306 g/mol. The largest absolute Gasteiger partial charge is 0.381 e. The number of carbonyl (C=O) groups is 1. The lowest BCUT2D eigenvalue weighted by molar-refractivity contribution is -0.137. The molecule has 2 atom stereocenters. The number of nitrogens with zero attached hydrogens (tertiary/aromatic N) is 1. The highest BCUT2D eigenvalue weighted by atomic mass is 32.2. The number of hydrogen-bond acceptors (Lipinski definition) is 3. The summed E-state index contributed by atoms with van der Waals surface area (Å²) in [7, 11) is 1.79. The third-order valence-corrected chi connectivity index (χ3v) is 5.98. The standard InChI is InChI=1S/C19H27NO2S/c1-13(2)23-18-8-4-14(5-9-18)10-19(21)20-15-6-7-16(20)12-17(11-15)22-3/h4-5,8-9,13,15-17H,6-7,10-12H2,1-3H3. The molecule has 2 aliphatic heterocycles. The Labute approximate surface area is 143 Å². The predicted octanol–water partition coefficient (Wildman–Crippen LogP) is 3.90. The molecule has 1 aromatic rings. The van der Waals surface area contributed by atoms with Gasteiger partial charge >= 0.3 is 0 Å². The van der Waals surface area contributed by atoms with E-state index in [9.17, 15) is 4.79 Å². The molecule has 3 rings (SSSR count). The Bertz CT molecular complexity index is 529. The van der Waals surface area contributed by atoms with Crippen molar-refractivity contribution in [1.29, 1.82) is 0 Å². The number of carbonyl (C=O) groups excluding carboxylic acids is 1. The van der Waals surface area contributed by atoms with Crippen molar-refractivity contribution in [3.63, 3.8) is 0 Å². The molecule has 0 saturated carbocycles. The third-order valence-electron chi connectivity index (χ3n) is 4.96. The quantitative estimate of drug-likeness (QED) is 0.766. The van der Waals surface area contributed by atoms with Gasteiger partial charge in [-0.25, -0.2) is 0 Å². The fourth-order valence-corrected chi connectivity index (χ4v) is 4.79. The summed E-state index contributed by atoms with van der Waals surface area (Å²) in [5, 5.41) is 0.584. The molecule has 126 valence electrons. The van der Waals surface area contributed by atoms with E-state index in [2.05, 4.69) is 43.0 Å². The summed E-state index contributed by atoms with van der Waals surface area (Å²) >= 11 is 1.86. The number of benzene rings is 1. The van der Waals surface area contributed by atoms with Crippen molar-refractivity contribution in [2.75, 3.05) is 7.11 Å². The zero-order valence-electron chi connectivity index (χ0n) is 14.3. The lowest BCUT2D eigenvalue weighted by Crippen LogP contribution is -2.48. The predicted molar refractivity (Wildman–Crippen MR) is 94.8 cm³/mol. The molecule has 2 bridgehead atoms. The minimum Gasteiger partial charge on any atom is -0.381 e. The lowest BCUT2D eigenvalue weighted by Gasteiger charge is -2.38. The van der Waals surface area contributed by atoms with E-state index in [4.69, 9.17) is 4.74 Å². The minimum absolute atomic E-state index is 0.288. The second-order valence-electron chi connectivity index (χ2n) is 7.00. The molecule has 2 heterocycles. The third kappa shape index (κ3) is 3.92. The Morgan fingerprint density at radius 1 is 1.22 bits per heavy atom. The van der Waals surface area contributed by atoms with Crippen LogP contribution in [0.4, 0.5) is 0 Å². The number of rotatable bonds is 5. The number of ether oxygens (including phenoxy) is 1. The van der Waals surface area contributed by atoms with Crippen molar-refractivity contribution >= 4 is 17.7 Å². The second kappa shape index (κ2) is 7.27. The molecule has 4 heteroatoms. The van der Waals surface area contributed by atoms with Crippen molar-refractivity contribution in [3.05, 3.63) is 29.8 Å². The van der Waals surface area contributed by atoms with Crippen LogP contribution in [-0.2, 0) is 16.0 Å². The van der Waals surface area contributed by atoms with Gasteiger partial charge in [-0.2, -0.15) is 0 Å². The number of hydrogen-bond donors (Lipinski definition) is 0. The molecule has 1 aromatic carbocycles. The van der Waals surface area contributed by atoms with Gasteiger partial charge in [0.15, 0.2) is 0 Å². The lowest BCUT2D eigenvalue weighted by atomic mass is 9.98. The molecule has 2 saturated heterocycles. The molecule has 0 spiro atoms. The van der Waals surface area contributed by atoms with Gasteiger partial charge in [0.05, 0.1) is 12.5 Å². The van der Waals surface area contributed by atoms with Crippen LogP contribution in [-0.4, -0.2) is 41.4 Å². The van der Waals surface area contributed by atoms with Gasteiger partial charge in [0, 0.05) is 29.3 Å². The van der Waals surface area contributed by atoms with Gasteiger partial charge in [-0.15, -0.1) is 11.8 Å². The van der Waals surface area contributed by atoms with Gasteiger partial charge in [0.1, 0.15) is 0 Å². The first-order valence-corrected chi connectivity index (χ1v) is 9.54. The highest BCUT2D eigenvalue weighted by molar-refractivity contribution is 7.99. The van der Waals surface area contributed by atoms with Crippen molar-refractivity contribution in [3.8, 4) is 0 Å². The number of fused-ring (bicyclic) bond motifs is 2. The fourth-order valence-electron chi connectivity index (χ4n) is 3.95. The molecule has 2 unspecified atom stereocenters. The molecule has 3 nitrogen and oxygen atoms in total. The summed E-state index contributed by atoms with van der Waals surface area (Å²) < 4.78 is 5.52. The van der Waals surface area contributed by atoms with E-state index in [0.29, 0.717) is 29.9 Å². The molecule has 23 heavy (non-hydrogen) atoms. The zero-order chi connectivity index (χ0) is 16.4. The average Bonchev–Trinajstić information content (AvgIpc) is 2.79. The van der Waals surface area contributed by atoms with E-state index in [1.54, 1.807) is 7.11 Å². The smallest absolute Gasteiger partial charge is 0.227 e. The minimum atomic E-state index is 0.288. The summed E-state index contributed by atoms with van der Waals surface area (Å²) in [5.74, 6) is 0.288. The van der Waals surface area contributed by atoms with Gasteiger partial charge in [0.25, 0.3) is 0 Å². The Balaban J connectivity index is 1.61. The summed E-state index contributed by atoms with van der Waals surface area (Å²) in [5.41, 5.74) is 1.12. The fraction of sp³-hybridized carbons (Fsp3) is 0.632. The van der Waals surface area contributed by atoms with E-state index < -0.39 is 0 Å². The summed E-state index contributed by atoms with van der Waals surface area (Å²) in [6.45, 7) is 4.39. The van der Waals surface area contributed by atoms with Crippen LogP contribution in [0.3, 0.4) is 0 Å². The monoisotopic (exact) mass is 333 g/mol. The Morgan fingerprint density at radius 2 is 1.83 bits per heavy atom. The maximum absolute atomic E-state index is 12.8. The first kappa shape index (κ1) is 16.8. The van der Waals surface area contributed by atoms with E-state index in [1.807, 2.05) is 11.8 Å². The van der Waals surface area contributed by atoms with Gasteiger partial charge in [-0.3, -0.25) is 4.79 Å². The topological polar surface area (TPSA) is 29.5 Å². The second-order valence-corrected chi connectivity index (χ2v) is 8.65. The van der Waals surface area contributed by atoms with E-state index in [0.717, 1.165) is 31.2 Å². The summed E-state index contributed by atoms with van der Waals surface area (Å²) in [6.07, 6.45) is 5.15. The van der Waals surface area contributed by atoms with Crippen molar-refractivity contribution in [2.24, 2.45) is 0 Å². The molecule has 0 aliphatic carbocycles. The molecular formula is C19H27NO2S. The van der Waals surface area contributed by atoms with E-state index in [1.165, 1.54) is 4.90 Å². The van der Waals surface area contributed by atoms with Crippen LogP contribution in [0.25, 0.3) is 0 Å². The van der Waals surface area contributed by atoms with Crippen LogP contribution in [0, 0.1) is 0 Å². The molecule has 0 aromatic heterocycles. The van der Waals surface area contributed by atoms with Crippen molar-refractivity contribution in [2.45, 2.75) is 74.3 Å². The first-order valence-electron chi connectivity index (χ1n) is 8.66. The van der Waals surface area contributed by atoms with Gasteiger partial charge in [0.2, 0.25) is 5.91 Å². The normalized spacial score (nSPS) is 26.8. The average molecular weight is 333 g/mol. The van der Waals surface area contributed by atoms with Gasteiger partial charge in [-0.1, -0.05) is 26.0 Å². The Morgan fingerprint density at radius 3 is 2.35 bits per heavy atom. The Kier molecular flexibility index (Phi) is 5.32. The molecule has 2 fully saturated rings. The highest BCUT2D eigenvalue weighted by Gasteiger charge is 2.42. The van der Waals surface area contributed by atoms with Crippen LogP contribution < -0.4 is 0 Å². The summed E-state index contributed by atoms with van der Waals surface area (Å²) in [4.78, 5) is 16.2. The van der Waals surface area contributed by atoms with Crippen molar-refractivity contribution < 1.29 is 9.53 Å². The number of amides is 1. The number of piperidine rings is 1. The molecule has 1 amide bonds.